The lowest BCUT2D eigenvalue weighted by molar-refractivity contribution is -0.325. The lowest BCUT2D eigenvalue weighted by atomic mass is 10.0. The molecule has 8 N–H and O–H groups in total. The average molecular weight is 627 g/mol. The highest BCUT2D eigenvalue weighted by Gasteiger charge is 2.55. The number of primary amides is 1. The maximum absolute atomic E-state index is 13.5. The number of likely N-dealkylation sites (tertiary alicyclic amines) is 1. The third-order valence-corrected chi connectivity index (χ3v) is 6.83. The van der Waals surface area contributed by atoms with E-state index in [1.54, 1.807) is 43.4 Å². The maximum atomic E-state index is 13.5. The highest BCUT2D eigenvalue weighted by atomic mass is 35.5. The van der Waals surface area contributed by atoms with Crippen LogP contribution in [0, 0.1) is 0 Å². The van der Waals surface area contributed by atoms with Crippen LogP contribution in [0.5, 0.6) is 0 Å². The molecule has 0 radical (unpaired) electrons. The van der Waals surface area contributed by atoms with Crippen molar-refractivity contribution in [1.29, 1.82) is 0 Å². The molecule has 43 heavy (non-hydrogen) atoms. The fourth-order valence-electron chi connectivity index (χ4n) is 4.54. The minimum atomic E-state index is -1.80. The molecule has 3 rings (SSSR count). The van der Waals surface area contributed by atoms with Crippen LogP contribution >= 0.6 is 11.6 Å². The monoisotopic (exact) mass is 626 g/mol. The van der Waals surface area contributed by atoms with Gasteiger partial charge in [-0.05, 0) is 19.1 Å². The first-order chi connectivity index (χ1) is 20.3. The van der Waals surface area contributed by atoms with Gasteiger partial charge < -0.3 is 50.6 Å². The SMILES string of the molecule is C/C(Cl)=C/C=C/C=C/C=C/C=C/C(O)=C1\C(=O)[C@H](CC(N)=O)N([C@H]2OC[C@@H](O)[C@@H](O)[C@H]2O[C@@H]2OC[C@@H](O)[C@@H](O)[C@@H]2O)C1=O. The van der Waals surface area contributed by atoms with E-state index in [-0.39, 0.29) is 0 Å². The fourth-order valence-corrected chi connectivity index (χ4v) is 4.61. The van der Waals surface area contributed by atoms with Crippen LogP contribution in [-0.4, -0.2) is 122 Å². The molecule has 0 bridgehead atoms. The van der Waals surface area contributed by atoms with Crippen LogP contribution in [0.2, 0.25) is 0 Å². The first-order valence-electron chi connectivity index (χ1n) is 13.2. The fraction of sp³-hybridized carbons (Fsp3) is 0.464. The molecule has 0 saturated carbocycles. The summed E-state index contributed by atoms with van der Waals surface area (Å²) in [4.78, 5) is 39.4. The first-order valence-corrected chi connectivity index (χ1v) is 13.6. The van der Waals surface area contributed by atoms with Crippen molar-refractivity contribution in [2.75, 3.05) is 13.2 Å². The molecule has 0 spiro atoms. The van der Waals surface area contributed by atoms with E-state index in [0.29, 0.717) is 5.03 Å². The third-order valence-electron chi connectivity index (χ3n) is 6.70. The Balaban J connectivity index is 1.88. The van der Waals surface area contributed by atoms with Crippen molar-refractivity contribution in [3.63, 3.8) is 0 Å². The van der Waals surface area contributed by atoms with E-state index in [1.165, 1.54) is 12.2 Å². The molecule has 3 heterocycles. The summed E-state index contributed by atoms with van der Waals surface area (Å²) in [6.45, 7) is 0.752. The quantitative estimate of drug-likeness (QED) is 0.0651. The van der Waals surface area contributed by atoms with Crippen molar-refractivity contribution in [2.45, 2.75) is 68.5 Å². The zero-order chi connectivity index (χ0) is 31.8. The maximum Gasteiger partial charge on any atom is 0.264 e. The summed E-state index contributed by atoms with van der Waals surface area (Å²) in [5.41, 5.74) is 4.64. The largest absolute Gasteiger partial charge is 0.507 e. The number of hydrogen-bond acceptors (Lipinski definition) is 12. The van der Waals surface area contributed by atoms with Crippen LogP contribution in [0.1, 0.15) is 13.3 Å². The molecule has 0 unspecified atom stereocenters. The summed E-state index contributed by atoms with van der Waals surface area (Å²) in [6, 6.07) is -1.57. The molecule has 3 fully saturated rings. The highest BCUT2D eigenvalue weighted by Crippen LogP contribution is 2.34. The van der Waals surface area contributed by atoms with E-state index in [9.17, 15) is 45.0 Å². The summed E-state index contributed by atoms with van der Waals surface area (Å²) in [6.07, 6.45) is 0.215. The van der Waals surface area contributed by atoms with Gasteiger partial charge in [0.15, 0.2) is 18.3 Å². The van der Waals surface area contributed by atoms with Crippen molar-refractivity contribution in [2.24, 2.45) is 5.73 Å². The molecule has 14 nitrogen and oxygen atoms in total. The first kappa shape index (κ1) is 34.3. The van der Waals surface area contributed by atoms with Gasteiger partial charge in [-0.25, -0.2) is 0 Å². The van der Waals surface area contributed by atoms with Gasteiger partial charge >= 0.3 is 0 Å². The Kier molecular flexibility index (Phi) is 12.4. The summed E-state index contributed by atoms with van der Waals surface area (Å²) in [5.74, 6) is -3.74. The molecular weight excluding hydrogens is 592 g/mol. The van der Waals surface area contributed by atoms with E-state index in [2.05, 4.69) is 0 Å². The average Bonchev–Trinajstić information content (AvgIpc) is 3.18. The van der Waals surface area contributed by atoms with Gasteiger partial charge in [0.25, 0.3) is 5.91 Å². The molecule has 0 aromatic rings. The summed E-state index contributed by atoms with van der Waals surface area (Å²) in [5, 5.41) is 62.3. The number of aliphatic hydroxyl groups is 6. The number of rotatable bonds is 10. The molecule has 236 valence electrons. The molecule has 0 aromatic heterocycles. The number of nitrogens with zero attached hydrogens (tertiary/aromatic N) is 1. The van der Waals surface area contributed by atoms with Crippen LogP contribution in [0.4, 0.5) is 0 Å². The van der Waals surface area contributed by atoms with E-state index >= 15 is 0 Å². The van der Waals surface area contributed by atoms with Crippen molar-refractivity contribution in [3.8, 4) is 0 Å². The Morgan fingerprint density at radius 3 is 2.16 bits per heavy atom. The van der Waals surface area contributed by atoms with Crippen LogP contribution in [-0.2, 0) is 28.6 Å². The second-order valence-electron chi connectivity index (χ2n) is 9.92. The number of allylic oxidation sites excluding steroid dienone is 10. The van der Waals surface area contributed by atoms with Gasteiger partial charge in [-0.15, -0.1) is 0 Å². The molecule has 0 aromatic carbocycles. The van der Waals surface area contributed by atoms with Crippen molar-refractivity contribution < 1.29 is 59.2 Å². The van der Waals surface area contributed by atoms with E-state index in [1.807, 2.05) is 0 Å². The Hall–Kier alpha value is -3.18. The predicted octanol–water partition coefficient (Wildman–Crippen LogP) is -1.28. The molecule has 0 aliphatic carbocycles. The summed E-state index contributed by atoms with van der Waals surface area (Å²) < 4.78 is 16.4. The Bertz CT molecular complexity index is 1220. The van der Waals surface area contributed by atoms with Crippen LogP contribution < -0.4 is 5.73 Å². The number of amides is 2. The Morgan fingerprint density at radius 1 is 0.953 bits per heavy atom. The third kappa shape index (κ3) is 8.47. The van der Waals surface area contributed by atoms with Gasteiger partial charge in [0, 0.05) is 5.03 Å². The molecule has 3 saturated heterocycles. The molecular formula is C28H35ClN2O12. The van der Waals surface area contributed by atoms with Gasteiger partial charge in [0.05, 0.1) is 19.6 Å². The molecule has 15 heteroatoms. The number of Topliss-reactive ketones (excluding diaryl/α,β-unsaturated/α-hetero) is 1. The molecule has 9 atom stereocenters. The predicted molar refractivity (Wildman–Crippen MR) is 150 cm³/mol. The van der Waals surface area contributed by atoms with Gasteiger partial charge in [0.2, 0.25) is 5.91 Å². The van der Waals surface area contributed by atoms with E-state index in [0.717, 1.165) is 11.0 Å². The van der Waals surface area contributed by atoms with Gasteiger partial charge in [0.1, 0.15) is 54.0 Å². The lowest BCUT2D eigenvalue weighted by Crippen LogP contribution is -2.64. The van der Waals surface area contributed by atoms with Gasteiger partial charge in [-0.2, -0.15) is 0 Å². The number of carbonyl (C=O) groups excluding carboxylic acids is 3. The van der Waals surface area contributed by atoms with Gasteiger partial charge in [-0.1, -0.05) is 54.1 Å². The number of hydrogen-bond donors (Lipinski definition) is 7. The van der Waals surface area contributed by atoms with E-state index in [4.69, 9.17) is 31.5 Å². The summed E-state index contributed by atoms with van der Waals surface area (Å²) in [7, 11) is 0. The zero-order valence-corrected chi connectivity index (χ0v) is 23.8. The van der Waals surface area contributed by atoms with Crippen LogP contribution in [0.15, 0.2) is 71.0 Å². The Morgan fingerprint density at radius 2 is 1.53 bits per heavy atom. The molecule has 2 amide bonds. The summed E-state index contributed by atoms with van der Waals surface area (Å²) >= 11 is 5.72. The highest BCUT2D eigenvalue weighted by molar-refractivity contribution is 6.29. The minimum absolute atomic E-state index is 0.454. The number of nitrogens with two attached hydrogens (primary N) is 1. The lowest BCUT2D eigenvalue weighted by Gasteiger charge is -2.45. The number of carbonyl (C=O) groups is 3. The van der Waals surface area contributed by atoms with Gasteiger partial charge in [-0.3, -0.25) is 19.3 Å². The standard InChI is InChI=1S/C28H35ClN2O12/c1-14(29)9-7-5-3-2-4-6-8-10-16(32)20-21(36)15(11-19(30)35)31(26(20)40)27-25(23(38)18(34)12-41-27)43-28-24(39)22(37)17(33)13-42-28/h2-10,15,17-18,22-25,27-28,32-34,37-39H,11-13H2,1H3,(H2,30,35)/b3-2+,6-4+,7-5+,10-8+,14-9-,20-16-/t15-,17+,18+,22+,23+,24-,25+,27-,28-/m0/s1. The topological polar surface area (TPSA) is 230 Å². The smallest absolute Gasteiger partial charge is 0.264 e. The number of ether oxygens (including phenoxy) is 3. The van der Waals surface area contributed by atoms with Crippen LogP contribution in [0.25, 0.3) is 0 Å². The number of halogens is 1. The van der Waals surface area contributed by atoms with E-state index < -0.39 is 104 Å². The normalized spacial score (nSPS) is 35.7. The van der Waals surface area contributed by atoms with Crippen molar-refractivity contribution in [1.82, 2.24) is 4.90 Å². The molecule has 3 aliphatic rings. The van der Waals surface area contributed by atoms with Crippen LogP contribution in [0.3, 0.4) is 0 Å². The second kappa shape index (κ2) is 15.5. The minimum Gasteiger partial charge on any atom is -0.507 e. The Labute approximate surface area is 251 Å². The molecule has 3 aliphatic heterocycles. The zero-order valence-electron chi connectivity index (χ0n) is 23.0. The number of ketones is 1. The van der Waals surface area contributed by atoms with Crippen molar-refractivity contribution in [3.05, 3.63) is 71.0 Å². The second-order valence-corrected chi connectivity index (χ2v) is 10.5. The van der Waals surface area contributed by atoms with Crippen molar-refractivity contribution >= 4 is 29.2 Å². The number of aliphatic hydroxyl groups excluding tert-OH is 6.